The van der Waals surface area contributed by atoms with Gasteiger partial charge < -0.3 is 15.2 Å². The minimum absolute atomic E-state index is 0.324. The van der Waals surface area contributed by atoms with Gasteiger partial charge in [0, 0.05) is 25.7 Å². The Morgan fingerprint density at radius 1 is 1.58 bits per heavy atom. The summed E-state index contributed by atoms with van der Waals surface area (Å²) in [5.74, 6) is -0.715. The predicted octanol–water partition coefficient (Wildman–Crippen LogP) is 1.33. The number of rotatable bonds is 8. The van der Waals surface area contributed by atoms with Crippen LogP contribution in [0.15, 0.2) is 0 Å². The van der Waals surface area contributed by atoms with Gasteiger partial charge in [-0.1, -0.05) is 6.92 Å². The lowest BCUT2D eigenvalue weighted by Crippen LogP contribution is -2.52. The molecule has 0 saturated heterocycles. The molecule has 2 atom stereocenters. The van der Waals surface area contributed by atoms with Gasteiger partial charge in [0.25, 0.3) is 0 Å². The molecule has 0 heterocycles. The van der Waals surface area contributed by atoms with Crippen LogP contribution in [0.2, 0.25) is 0 Å². The molecule has 5 heteroatoms. The molecule has 1 rings (SSSR count). The molecule has 0 aliphatic heterocycles. The summed E-state index contributed by atoms with van der Waals surface area (Å²) < 4.78 is 5.16. The van der Waals surface area contributed by atoms with Gasteiger partial charge in [-0.25, -0.2) is 0 Å². The molecule has 0 aromatic heterocycles. The van der Waals surface area contributed by atoms with E-state index in [0.717, 1.165) is 13.0 Å². The van der Waals surface area contributed by atoms with Gasteiger partial charge in [-0.3, -0.25) is 9.69 Å². The van der Waals surface area contributed by atoms with Crippen LogP contribution in [0.3, 0.4) is 0 Å². The van der Waals surface area contributed by atoms with Crippen LogP contribution in [-0.4, -0.2) is 60.4 Å². The van der Waals surface area contributed by atoms with Crippen molar-refractivity contribution in [3.05, 3.63) is 0 Å². The second-order valence-electron chi connectivity index (χ2n) is 5.64. The highest BCUT2D eigenvalue weighted by Gasteiger charge is 2.46. The molecule has 0 bridgehead atoms. The summed E-state index contributed by atoms with van der Waals surface area (Å²) >= 11 is 0. The highest BCUT2D eigenvalue weighted by atomic mass is 16.5. The third kappa shape index (κ3) is 3.91. The Bertz CT molecular complexity index is 296. The van der Waals surface area contributed by atoms with Crippen molar-refractivity contribution in [2.24, 2.45) is 0 Å². The third-order valence-corrected chi connectivity index (χ3v) is 4.10. The van der Waals surface area contributed by atoms with Crippen LogP contribution in [0.25, 0.3) is 0 Å². The van der Waals surface area contributed by atoms with Crippen molar-refractivity contribution in [3.8, 4) is 0 Å². The zero-order valence-corrected chi connectivity index (χ0v) is 12.6. The number of ether oxygens (including phenoxy) is 1. The van der Waals surface area contributed by atoms with Crippen LogP contribution in [0.1, 0.15) is 40.0 Å². The van der Waals surface area contributed by atoms with E-state index in [2.05, 4.69) is 24.1 Å². The van der Waals surface area contributed by atoms with Crippen LogP contribution in [-0.2, 0) is 9.53 Å². The van der Waals surface area contributed by atoms with Crippen molar-refractivity contribution in [2.75, 3.05) is 26.8 Å². The van der Waals surface area contributed by atoms with Crippen molar-refractivity contribution >= 4 is 5.97 Å². The summed E-state index contributed by atoms with van der Waals surface area (Å²) in [5.41, 5.74) is -0.736. The highest BCUT2D eigenvalue weighted by molar-refractivity contribution is 5.79. The summed E-state index contributed by atoms with van der Waals surface area (Å²) in [5, 5.41) is 12.7. The molecule has 5 nitrogen and oxygen atoms in total. The van der Waals surface area contributed by atoms with Crippen molar-refractivity contribution in [1.82, 2.24) is 10.2 Å². The van der Waals surface area contributed by atoms with E-state index in [-0.39, 0.29) is 0 Å². The molecule has 0 aromatic rings. The van der Waals surface area contributed by atoms with E-state index >= 15 is 0 Å². The Morgan fingerprint density at radius 3 is 2.74 bits per heavy atom. The molecule has 0 amide bonds. The van der Waals surface area contributed by atoms with E-state index in [1.54, 1.807) is 7.11 Å². The molecular formula is C14H28N2O3. The first-order valence-corrected chi connectivity index (χ1v) is 7.20. The first kappa shape index (κ1) is 16.4. The first-order valence-electron chi connectivity index (χ1n) is 7.20. The normalized spacial score (nSPS) is 27.4. The summed E-state index contributed by atoms with van der Waals surface area (Å²) in [4.78, 5) is 13.9. The minimum atomic E-state index is -0.736. The van der Waals surface area contributed by atoms with Gasteiger partial charge in [0.1, 0.15) is 5.54 Å². The van der Waals surface area contributed by atoms with Crippen molar-refractivity contribution in [2.45, 2.75) is 57.7 Å². The molecule has 1 saturated carbocycles. The lowest BCUT2D eigenvalue weighted by molar-refractivity contribution is -0.144. The molecule has 0 spiro atoms. The van der Waals surface area contributed by atoms with Gasteiger partial charge in [-0.05, 0) is 39.7 Å². The first-order chi connectivity index (χ1) is 8.96. The number of carbonyl (C=O) groups is 1. The monoisotopic (exact) mass is 272 g/mol. The van der Waals surface area contributed by atoms with E-state index in [4.69, 9.17) is 4.74 Å². The highest BCUT2D eigenvalue weighted by Crippen LogP contribution is 2.34. The second kappa shape index (κ2) is 7.22. The molecule has 2 unspecified atom stereocenters. The van der Waals surface area contributed by atoms with Gasteiger partial charge in [-0.2, -0.15) is 0 Å². The number of methoxy groups -OCH3 is 1. The maximum absolute atomic E-state index is 11.6. The fourth-order valence-electron chi connectivity index (χ4n) is 3.13. The largest absolute Gasteiger partial charge is 0.480 e. The SMILES string of the molecule is CCNC1(C(=O)O)CCC(N(CCOC)C(C)C)C1. The van der Waals surface area contributed by atoms with E-state index in [1.165, 1.54) is 0 Å². The van der Waals surface area contributed by atoms with Gasteiger partial charge in [0.15, 0.2) is 0 Å². The summed E-state index contributed by atoms with van der Waals surface area (Å²) in [7, 11) is 1.70. The van der Waals surface area contributed by atoms with Crippen LogP contribution in [0.5, 0.6) is 0 Å². The lowest BCUT2D eigenvalue weighted by atomic mass is 9.97. The van der Waals surface area contributed by atoms with Gasteiger partial charge >= 0.3 is 5.97 Å². The Hall–Kier alpha value is -0.650. The molecule has 1 aliphatic carbocycles. The molecular weight excluding hydrogens is 244 g/mol. The van der Waals surface area contributed by atoms with Crippen molar-refractivity contribution in [3.63, 3.8) is 0 Å². The third-order valence-electron chi connectivity index (χ3n) is 4.10. The molecule has 2 N–H and O–H groups in total. The smallest absolute Gasteiger partial charge is 0.323 e. The predicted molar refractivity (Wildman–Crippen MR) is 75.4 cm³/mol. The molecule has 1 fully saturated rings. The number of aliphatic carboxylic acids is 1. The van der Waals surface area contributed by atoms with E-state index in [0.29, 0.717) is 38.1 Å². The average Bonchev–Trinajstić information content (AvgIpc) is 2.75. The molecule has 0 aromatic carbocycles. The van der Waals surface area contributed by atoms with Crippen LogP contribution >= 0.6 is 0 Å². The van der Waals surface area contributed by atoms with Crippen LogP contribution in [0.4, 0.5) is 0 Å². The number of nitrogens with one attached hydrogen (secondary N) is 1. The lowest BCUT2D eigenvalue weighted by Gasteiger charge is -2.34. The maximum Gasteiger partial charge on any atom is 0.323 e. The number of hydrogen-bond donors (Lipinski definition) is 2. The van der Waals surface area contributed by atoms with Crippen LogP contribution in [0, 0.1) is 0 Å². The Balaban J connectivity index is 2.72. The molecule has 19 heavy (non-hydrogen) atoms. The van der Waals surface area contributed by atoms with Crippen LogP contribution < -0.4 is 5.32 Å². The number of likely N-dealkylation sites (N-methyl/N-ethyl adjacent to an activating group) is 1. The average molecular weight is 272 g/mol. The molecule has 0 radical (unpaired) electrons. The quantitative estimate of drug-likeness (QED) is 0.698. The summed E-state index contributed by atoms with van der Waals surface area (Å²) in [6.07, 6.45) is 2.32. The number of hydrogen-bond acceptors (Lipinski definition) is 4. The summed E-state index contributed by atoms with van der Waals surface area (Å²) in [6, 6.07) is 0.733. The van der Waals surface area contributed by atoms with Gasteiger partial charge in [-0.15, -0.1) is 0 Å². The zero-order valence-electron chi connectivity index (χ0n) is 12.6. The van der Waals surface area contributed by atoms with E-state index < -0.39 is 11.5 Å². The molecule has 112 valence electrons. The van der Waals surface area contributed by atoms with E-state index in [9.17, 15) is 9.90 Å². The van der Waals surface area contributed by atoms with Crippen molar-refractivity contribution in [1.29, 1.82) is 0 Å². The van der Waals surface area contributed by atoms with E-state index in [1.807, 2.05) is 6.92 Å². The summed E-state index contributed by atoms with van der Waals surface area (Å²) in [6.45, 7) is 8.52. The Kier molecular flexibility index (Phi) is 6.23. The fraction of sp³-hybridized carbons (Fsp3) is 0.929. The maximum atomic E-state index is 11.6. The number of carboxylic acids is 1. The topological polar surface area (TPSA) is 61.8 Å². The van der Waals surface area contributed by atoms with Crippen molar-refractivity contribution < 1.29 is 14.6 Å². The Morgan fingerprint density at radius 2 is 2.26 bits per heavy atom. The zero-order chi connectivity index (χ0) is 14.5. The second-order valence-corrected chi connectivity index (χ2v) is 5.64. The number of carboxylic acid groups (broad SMARTS) is 1. The van der Waals surface area contributed by atoms with Gasteiger partial charge in [0.05, 0.1) is 6.61 Å². The molecule has 1 aliphatic rings. The standard InChI is InChI=1S/C14H28N2O3/c1-5-15-14(13(17)18)7-6-12(10-14)16(11(2)3)8-9-19-4/h11-12,15H,5-10H2,1-4H3,(H,17,18). The van der Waals surface area contributed by atoms with Gasteiger partial charge in [0.2, 0.25) is 0 Å². The fourth-order valence-corrected chi connectivity index (χ4v) is 3.13. The number of nitrogens with zero attached hydrogens (tertiary/aromatic N) is 1. The Labute approximate surface area is 116 Å². The minimum Gasteiger partial charge on any atom is -0.480 e.